The predicted molar refractivity (Wildman–Crippen MR) is 78.0 cm³/mol. The van der Waals surface area contributed by atoms with Crippen LogP contribution < -0.4 is 0 Å². The molecule has 1 aliphatic rings. The molecule has 0 aliphatic carbocycles. The number of alkyl halides is 3. The lowest BCUT2D eigenvalue weighted by atomic mass is 9.83. The standard InChI is InChI=1S/C16H17F3N2O3/c17-16(18,19)13-3-1-2-12(10-13)15(11-20,5-4-14(22)23)21-6-8-24-9-7-21/h1-3,10H,4-9H2,(H,22,23). The molecule has 1 aliphatic heterocycles. The van der Waals surface area contributed by atoms with Crippen LogP contribution in [0.3, 0.4) is 0 Å². The first-order valence-electron chi connectivity index (χ1n) is 7.43. The number of nitrogens with zero attached hydrogens (tertiary/aromatic N) is 2. The van der Waals surface area contributed by atoms with E-state index in [2.05, 4.69) is 6.07 Å². The van der Waals surface area contributed by atoms with Gasteiger partial charge in [-0.1, -0.05) is 12.1 Å². The summed E-state index contributed by atoms with van der Waals surface area (Å²) in [5.74, 6) is -1.10. The van der Waals surface area contributed by atoms with Crippen molar-refractivity contribution in [1.82, 2.24) is 4.90 Å². The van der Waals surface area contributed by atoms with Gasteiger partial charge in [-0.3, -0.25) is 9.69 Å². The Morgan fingerprint density at radius 3 is 2.46 bits per heavy atom. The molecule has 1 aromatic carbocycles. The van der Waals surface area contributed by atoms with Gasteiger partial charge in [-0.15, -0.1) is 0 Å². The smallest absolute Gasteiger partial charge is 0.416 e. The van der Waals surface area contributed by atoms with Crippen LogP contribution in [-0.4, -0.2) is 42.3 Å². The number of halogens is 3. The van der Waals surface area contributed by atoms with Crippen LogP contribution in [0.5, 0.6) is 0 Å². The summed E-state index contributed by atoms with van der Waals surface area (Å²) in [7, 11) is 0. The first-order valence-corrected chi connectivity index (χ1v) is 7.43. The summed E-state index contributed by atoms with van der Waals surface area (Å²) in [4.78, 5) is 12.7. The maximum Gasteiger partial charge on any atom is 0.416 e. The highest BCUT2D eigenvalue weighted by Gasteiger charge is 2.41. The number of hydrogen-bond donors (Lipinski definition) is 1. The first kappa shape index (κ1) is 18.2. The lowest BCUT2D eigenvalue weighted by Crippen LogP contribution is -2.51. The number of aliphatic carboxylic acids is 1. The van der Waals surface area contributed by atoms with Crippen LogP contribution >= 0.6 is 0 Å². The Kier molecular flexibility index (Phi) is 5.47. The average molecular weight is 342 g/mol. The van der Waals surface area contributed by atoms with Gasteiger partial charge in [-0.05, 0) is 24.1 Å². The van der Waals surface area contributed by atoms with Crippen molar-refractivity contribution in [3.63, 3.8) is 0 Å². The normalized spacial score (nSPS) is 18.6. The van der Waals surface area contributed by atoms with Crippen molar-refractivity contribution in [2.75, 3.05) is 26.3 Å². The van der Waals surface area contributed by atoms with Crippen LogP contribution in [0.1, 0.15) is 24.0 Å². The molecule has 8 heteroatoms. The Morgan fingerprint density at radius 2 is 1.92 bits per heavy atom. The highest BCUT2D eigenvalue weighted by molar-refractivity contribution is 5.67. The predicted octanol–water partition coefficient (Wildman–Crippen LogP) is 2.62. The molecule has 1 aromatic rings. The van der Waals surface area contributed by atoms with Crippen LogP contribution in [0.2, 0.25) is 0 Å². The fourth-order valence-electron chi connectivity index (χ4n) is 2.86. The van der Waals surface area contributed by atoms with Gasteiger partial charge in [0.15, 0.2) is 0 Å². The summed E-state index contributed by atoms with van der Waals surface area (Å²) >= 11 is 0. The molecule has 5 nitrogen and oxygen atoms in total. The third-order valence-electron chi connectivity index (χ3n) is 4.10. The number of carbonyl (C=O) groups is 1. The van der Waals surface area contributed by atoms with Gasteiger partial charge in [0, 0.05) is 19.5 Å². The van der Waals surface area contributed by atoms with Gasteiger partial charge in [0.25, 0.3) is 0 Å². The number of hydrogen-bond acceptors (Lipinski definition) is 4. The van der Waals surface area contributed by atoms with E-state index in [4.69, 9.17) is 9.84 Å². The van der Waals surface area contributed by atoms with E-state index in [1.54, 1.807) is 4.90 Å². The quantitative estimate of drug-likeness (QED) is 0.890. The van der Waals surface area contributed by atoms with E-state index in [9.17, 15) is 23.2 Å². The number of morpholine rings is 1. The van der Waals surface area contributed by atoms with E-state index >= 15 is 0 Å². The van der Waals surface area contributed by atoms with Gasteiger partial charge in [0.1, 0.15) is 5.54 Å². The van der Waals surface area contributed by atoms with Crippen molar-refractivity contribution in [3.05, 3.63) is 35.4 Å². The largest absolute Gasteiger partial charge is 0.481 e. The second kappa shape index (κ2) is 7.20. The van der Waals surface area contributed by atoms with Crippen molar-refractivity contribution in [2.45, 2.75) is 24.6 Å². The molecule has 1 N–H and O–H groups in total. The molecule has 130 valence electrons. The van der Waals surface area contributed by atoms with Crippen molar-refractivity contribution in [2.24, 2.45) is 0 Å². The molecule has 2 rings (SSSR count). The van der Waals surface area contributed by atoms with Gasteiger partial charge in [0.05, 0.1) is 24.8 Å². The van der Waals surface area contributed by atoms with Gasteiger partial charge < -0.3 is 9.84 Å². The molecule has 0 saturated carbocycles. The van der Waals surface area contributed by atoms with E-state index in [-0.39, 0.29) is 18.4 Å². The molecule has 1 saturated heterocycles. The van der Waals surface area contributed by atoms with Crippen molar-refractivity contribution in [3.8, 4) is 6.07 Å². The van der Waals surface area contributed by atoms with Gasteiger partial charge >= 0.3 is 12.1 Å². The molecule has 24 heavy (non-hydrogen) atoms. The summed E-state index contributed by atoms with van der Waals surface area (Å²) in [6, 6.07) is 6.62. The highest BCUT2D eigenvalue weighted by Crippen LogP contribution is 2.37. The molecule has 0 amide bonds. The van der Waals surface area contributed by atoms with Gasteiger partial charge in [0.2, 0.25) is 0 Å². The first-order chi connectivity index (χ1) is 11.3. The van der Waals surface area contributed by atoms with E-state index in [0.29, 0.717) is 26.3 Å². The molecule has 1 fully saturated rings. The van der Waals surface area contributed by atoms with Crippen LogP contribution in [0, 0.1) is 11.3 Å². The zero-order chi connectivity index (χ0) is 17.8. The molecule has 1 heterocycles. The maximum absolute atomic E-state index is 13.0. The second-order valence-electron chi connectivity index (χ2n) is 5.54. The van der Waals surface area contributed by atoms with E-state index in [0.717, 1.165) is 12.1 Å². The average Bonchev–Trinajstić information content (AvgIpc) is 2.56. The zero-order valence-electron chi connectivity index (χ0n) is 12.8. The third-order valence-corrected chi connectivity index (χ3v) is 4.10. The molecular formula is C16H17F3N2O3. The van der Waals surface area contributed by atoms with Crippen LogP contribution in [0.25, 0.3) is 0 Å². The number of benzene rings is 1. The molecule has 0 bridgehead atoms. The van der Waals surface area contributed by atoms with Gasteiger partial charge in [-0.2, -0.15) is 18.4 Å². The molecule has 0 spiro atoms. The summed E-state index contributed by atoms with van der Waals surface area (Å²) in [6.07, 6.45) is -4.95. The summed E-state index contributed by atoms with van der Waals surface area (Å²) in [5, 5.41) is 18.8. The SMILES string of the molecule is N#CC(CCC(=O)O)(c1cccc(C(F)(F)F)c1)N1CCOCC1. The maximum atomic E-state index is 13.0. The Balaban J connectivity index is 2.48. The van der Waals surface area contributed by atoms with Crippen molar-refractivity contribution >= 4 is 5.97 Å². The van der Waals surface area contributed by atoms with Crippen molar-refractivity contribution < 1.29 is 27.8 Å². The molecular weight excluding hydrogens is 325 g/mol. The Hall–Kier alpha value is -2.11. The van der Waals surface area contributed by atoms with E-state index in [1.165, 1.54) is 12.1 Å². The summed E-state index contributed by atoms with van der Waals surface area (Å²) < 4.78 is 44.2. The summed E-state index contributed by atoms with van der Waals surface area (Å²) in [5.41, 5.74) is -2.13. The number of ether oxygens (including phenoxy) is 1. The Morgan fingerprint density at radius 1 is 1.29 bits per heavy atom. The van der Waals surface area contributed by atoms with Gasteiger partial charge in [-0.25, -0.2) is 0 Å². The molecule has 1 atom stereocenters. The van der Waals surface area contributed by atoms with Crippen LogP contribution in [0.15, 0.2) is 24.3 Å². The van der Waals surface area contributed by atoms with E-state index < -0.39 is 23.2 Å². The van der Waals surface area contributed by atoms with Crippen LogP contribution in [-0.2, 0) is 21.2 Å². The number of carboxylic acid groups (broad SMARTS) is 1. The number of rotatable bonds is 5. The third kappa shape index (κ3) is 3.86. The monoisotopic (exact) mass is 342 g/mol. The molecule has 0 aromatic heterocycles. The van der Waals surface area contributed by atoms with Crippen LogP contribution in [0.4, 0.5) is 13.2 Å². The topological polar surface area (TPSA) is 73.6 Å². The van der Waals surface area contributed by atoms with E-state index in [1.807, 2.05) is 0 Å². The molecule has 0 radical (unpaired) electrons. The highest BCUT2D eigenvalue weighted by atomic mass is 19.4. The minimum Gasteiger partial charge on any atom is -0.481 e. The minimum atomic E-state index is -4.53. The lowest BCUT2D eigenvalue weighted by Gasteiger charge is -2.41. The Labute approximate surface area is 137 Å². The van der Waals surface area contributed by atoms with Crippen molar-refractivity contribution in [1.29, 1.82) is 5.26 Å². The lowest BCUT2D eigenvalue weighted by molar-refractivity contribution is -0.139. The molecule has 1 unspecified atom stereocenters. The Bertz CT molecular complexity index is 636. The second-order valence-corrected chi connectivity index (χ2v) is 5.54. The fourth-order valence-corrected chi connectivity index (χ4v) is 2.86. The number of carboxylic acids is 1. The minimum absolute atomic E-state index is 0.0971. The fraction of sp³-hybridized carbons (Fsp3) is 0.500. The number of nitriles is 1. The summed E-state index contributed by atoms with van der Waals surface area (Å²) in [6.45, 7) is 1.39. The zero-order valence-corrected chi connectivity index (χ0v) is 12.8.